The van der Waals surface area contributed by atoms with E-state index >= 15 is 0 Å². The van der Waals surface area contributed by atoms with E-state index in [1.807, 2.05) is 62.4 Å². The number of fused-ring (bicyclic) bond motifs is 1. The molecule has 1 N–H and O–H groups in total. The van der Waals surface area contributed by atoms with Crippen LogP contribution < -0.4 is 5.32 Å². The van der Waals surface area contributed by atoms with Crippen LogP contribution in [0.4, 0.5) is 5.69 Å². The van der Waals surface area contributed by atoms with Crippen LogP contribution in [0.15, 0.2) is 52.9 Å². The molecular weight excluding hydrogens is 348 g/mol. The van der Waals surface area contributed by atoms with Gasteiger partial charge >= 0.3 is 0 Å². The average Bonchev–Trinajstić information content (AvgIpc) is 3.04. The predicted octanol–water partition coefficient (Wildman–Crippen LogP) is 5.17. The molecule has 0 aliphatic heterocycles. The summed E-state index contributed by atoms with van der Waals surface area (Å²) in [5, 5.41) is 3.91. The van der Waals surface area contributed by atoms with Crippen molar-refractivity contribution in [2.45, 2.75) is 20.4 Å². The fourth-order valence-corrected chi connectivity index (χ4v) is 2.96. The van der Waals surface area contributed by atoms with Crippen LogP contribution in [0.25, 0.3) is 22.7 Å². The van der Waals surface area contributed by atoms with Crippen LogP contribution in [0.5, 0.6) is 0 Å². The Morgan fingerprint density at radius 2 is 1.81 bits per heavy atom. The third kappa shape index (κ3) is 3.39. The van der Waals surface area contributed by atoms with Crippen molar-refractivity contribution in [1.82, 2.24) is 15.0 Å². The lowest BCUT2D eigenvalue weighted by molar-refractivity contribution is 0.619. The van der Waals surface area contributed by atoms with Crippen molar-refractivity contribution in [3.05, 3.63) is 70.6 Å². The first-order valence-corrected chi connectivity index (χ1v) is 8.67. The van der Waals surface area contributed by atoms with E-state index in [-0.39, 0.29) is 0 Å². The van der Waals surface area contributed by atoms with E-state index in [1.165, 1.54) is 0 Å². The van der Waals surface area contributed by atoms with E-state index in [0.717, 1.165) is 28.3 Å². The van der Waals surface area contributed by atoms with Crippen molar-refractivity contribution in [2.24, 2.45) is 0 Å². The van der Waals surface area contributed by atoms with E-state index < -0.39 is 0 Å². The molecule has 0 saturated carbocycles. The molecular formula is C20H17ClN4O. The summed E-state index contributed by atoms with van der Waals surface area (Å²) in [6.07, 6.45) is 0. The first kappa shape index (κ1) is 16.5. The smallest absolute Gasteiger partial charge is 0.228 e. The Morgan fingerprint density at radius 3 is 2.62 bits per heavy atom. The lowest BCUT2D eigenvalue weighted by Gasteiger charge is -2.09. The predicted molar refractivity (Wildman–Crippen MR) is 103 cm³/mol. The van der Waals surface area contributed by atoms with Crippen LogP contribution in [0, 0.1) is 13.8 Å². The SMILES string of the molecule is Cc1cccc(CNc2ccc(-c3nc4nc(C)ccc4o3)cc2Cl)n1. The fourth-order valence-electron chi connectivity index (χ4n) is 2.71. The molecule has 0 fully saturated rings. The standard InChI is InChI=1S/C20H17ClN4O/c1-12-4-3-5-15(23-12)11-22-17-8-7-14(10-16(17)21)20-25-19-18(26-20)9-6-13(2)24-19/h3-10,22H,11H2,1-2H3. The van der Waals surface area contributed by atoms with Gasteiger partial charge in [-0.25, -0.2) is 4.98 Å². The number of anilines is 1. The van der Waals surface area contributed by atoms with Crippen LogP contribution in [0.1, 0.15) is 17.1 Å². The summed E-state index contributed by atoms with van der Waals surface area (Å²) >= 11 is 6.43. The number of hydrogen-bond donors (Lipinski definition) is 1. The summed E-state index contributed by atoms with van der Waals surface area (Å²) < 4.78 is 5.78. The molecule has 4 rings (SSSR count). The number of nitrogens with one attached hydrogen (secondary N) is 1. The Labute approximate surface area is 156 Å². The number of aryl methyl sites for hydroxylation is 2. The van der Waals surface area contributed by atoms with Crippen LogP contribution >= 0.6 is 11.6 Å². The Hall–Kier alpha value is -2.92. The maximum Gasteiger partial charge on any atom is 0.228 e. The first-order valence-electron chi connectivity index (χ1n) is 8.29. The quantitative estimate of drug-likeness (QED) is 0.541. The first-order chi connectivity index (χ1) is 12.6. The minimum atomic E-state index is 0.506. The zero-order valence-electron chi connectivity index (χ0n) is 14.5. The molecule has 3 aromatic heterocycles. The van der Waals surface area contributed by atoms with Gasteiger partial charge in [0.2, 0.25) is 5.89 Å². The van der Waals surface area contributed by atoms with Crippen molar-refractivity contribution < 1.29 is 4.42 Å². The highest BCUT2D eigenvalue weighted by Crippen LogP contribution is 2.30. The lowest BCUT2D eigenvalue weighted by Crippen LogP contribution is -2.02. The molecule has 0 bridgehead atoms. The Balaban J connectivity index is 1.56. The zero-order valence-corrected chi connectivity index (χ0v) is 15.2. The molecule has 0 amide bonds. The average molecular weight is 365 g/mol. The van der Waals surface area contributed by atoms with Crippen molar-refractivity contribution in [2.75, 3.05) is 5.32 Å². The molecule has 4 aromatic rings. The van der Waals surface area contributed by atoms with Gasteiger partial charge in [0.1, 0.15) is 0 Å². The summed E-state index contributed by atoms with van der Waals surface area (Å²) in [6, 6.07) is 15.4. The molecule has 3 heterocycles. The number of oxazole rings is 1. The van der Waals surface area contributed by atoms with Gasteiger partial charge in [0.15, 0.2) is 11.2 Å². The normalized spacial score (nSPS) is 11.0. The second kappa shape index (κ2) is 6.77. The van der Waals surface area contributed by atoms with Crippen molar-refractivity contribution in [1.29, 1.82) is 0 Å². The summed E-state index contributed by atoms with van der Waals surface area (Å²) in [7, 11) is 0. The minimum absolute atomic E-state index is 0.506. The highest BCUT2D eigenvalue weighted by atomic mass is 35.5. The van der Waals surface area contributed by atoms with Gasteiger partial charge in [-0.3, -0.25) is 4.98 Å². The molecule has 6 heteroatoms. The van der Waals surface area contributed by atoms with Gasteiger partial charge in [-0.1, -0.05) is 17.7 Å². The second-order valence-corrected chi connectivity index (χ2v) is 6.52. The van der Waals surface area contributed by atoms with E-state index in [4.69, 9.17) is 16.0 Å². The Morgan fingerprint density at radius 1 is 0.962 bits per heavy atom. The van der Waals surface area contributed by atoms with Crippen LogP contribution in [-0.4, -0.2) is 15.0 Å². The van der Waals surface area contributed by atoms with Crippen molar-refractivity contribution in [3.63, 3.8) is 0 Å². The molecule has 5 nitrogen and oxygen atoms in total. The minimum Gasteiger partial charge on any atom is -0.434 e. The van der Waals surface area contributed by atoms with Gasteiger partial charge in [-0.15, -0.1) is 0 Å². The third-order valence-electron chi connectivity index (χ3n) is 4.01. The van der Waals surface area contributed by atoms with Gasteiger partial charge in [0.05, 0.1) is 22.9 Å². The number of pyridine rings is 2. The molecule has 0 spiro atoms. The van der Waals surface area contributed by atoms with Gasteiger partial charge in [-0.2, -0.15) is 4.98 Å². The van der Waals surface area contributed by atoms with Crippen LogP contribution in [-0.2, 0) is 6.54 Å². The fraction of sp³-hybridized carbons (Fsp3) is 0.150. The number of nitrogens with zero attached hydrogens (tertiary/aromatic N) is 3. The Kier molecular flexibility index (Phi) is 4.31. The van der Waals surface area contributed by atoms with Gasteiger partial charge in [0, 0.05) is 17.0 Å². The molecule has 1 aromatic carbocycles. The summed E-state index contributed by atoms with van der Waals surface area (Å²) in [5.41, 5.74) is 5.77. The number of hydrogen-bond acceptors (Lipinski definition) is 5. The monoisotopic (exact) mass is 364 g/mol. The van der Waals surface area contributed by atoms with E-state index in [0.29, 0.717) is 28.7 Å². The zero-order chi connectivity index (χ0) is 18.1. The van der Waals surface area contributed by atoms with Gasteiger partial charge in [-0.05, 0) is 56.3 Å². The molecule has 26 heavy (non-hydrogen) atoms. The molecule has 0 atom stereocenters. The molecule has 0 aliphatic carbocycles. The van der Waals surface area contributed by atoms with Crippen molar-refractivity contribution in [3.8, 4) is 11.5 Å². The highest BCUT2D eigenvalue weighted by molar-refractivity contribution is 6.33. The van der Waals surface area contributed by atoms with Crippen molar-refractivity contribution >= 4 is 28.5 Å². The number of aromatic nitrogens is 3. The lowest BCUT2D eigenvalue weighted by atomic mass is 10.2. The number of rotatable bonds is 4. The number of benzene rings is 1. The summed E-state index contributed by atoms with van der Waals surface area (Å²) in [4.78, 5) is 13.3. The topological polar surface area (TPSA) is 63.8 Å². The molecule has 130 valence electrons. The maximum atomic E-state index is 6.43. The van der Waals surface area contributed by atoms with E-state index in [2.05, 4.69) is 20.3 Å². The van der Waals surface area contributed by atoms with Gasteiger partial charge < -0.3 is 9.73 Å². The third-order valence-corrected chi connectivity index (χ3v) is 4.33. The molecule has 0 aliphatic rings. The Bertz CT molecular complexity index is 1090. The maximum absolute atomic E-state index is 6.43. The van der Waals surface area contributed by atoms with Crippen LogP contribution in [0.3, 0.4) is 0 Å². The second-order valence-electron chi connectivity index (χ2n) is 6.11. The van der Waals surface area contributed by atoms with E-state index in [9.17, 15) is 0 Å². The number of halogens is 1. The molecule has 0 radical (unpaired) electrons. The summed E-state index contributed by atoms with van der Waals surface area (Å²) in [6.45, 7) is 4.50. The summed E-state index contributed by atoms with van der Waals surface area (Å²) in [5.74, 6) is 0.506. The van der Waals surface area contributed by atoms with Crippen LogP contribution in [0.2, 0.25) is 5.02 Å². The largest absolute Gasteiger partial charge is 0.434 e. The van der Waals surface area contributed by atoms with Gasteiger partial charge in [0.25, 0.3) is 0 Å². The molecule has 0 saturated heterocycles. The highest BCUT2D eigenvalue weighted by Gasteiger charge is 2.11. The molecule has 0 unspecified atom stereocenters. The van der Waals surface area contributed by atoms with E-state index in [1.54, 1.807) is 0 Å².